The molecular weight excluding hydrogens is 324 g/mol. The molecule has 2 atom stereocenters. The van der Waals surface area contributed by atoms with Crippen LogP contribution in [0.25, 0.3) is 5.69 Å². The van der Waals surface area contributed by atoms with Gasteiger partial charge in [0.15, 0.2) is 0 Å². The highest BCUT2D eigenvalue weighted by molar-refractivity contribution is 7.10. The molecule has 1 aliphatic heterocycles. The zero-order chi connectivity index (χ0) is 16.7. The highest BCUT2D eigenvalue weighted by Gasteiger charge is 2.41. The number of nitrogens with zero attached hydrogens (tertiary/aromatic N) is 2. The Morgan fingerprint density at radius 1 is 1.12 bits per heavy atom. The fourth-order valence-electron chi connectivity index (χ4n) is 3.02. The second-order valence-electron chi connectivity index (χ2n) is 5.47. The van der Waals surface area contributed by atoms with E-state index in [2.05, 4.69) is 10.4 Å². The molecule has 2 N–H and O–H groups in total. The number of nitriles is 1. The number of carbonyl (C=O) groups excluding carboxylic acids is 1. The maximum Gasteiger partial charge on any atom is 0.277 e. The molecule has 2 aromatic heterocycles. The number of rotatable bonds is 2. The molecule has 6 nitrogen and oxygen atoms in total. The summed E-state index contributed by atoms with van der Waals surface area (Å²) >= 11 is 1.43. The first kappa shape index (κ1) is 14.5. The number of H-pyrrole nitrogens is 1. The predicted octanol–water partition coefficient (Wildman–Crippen LogP) is 2.45. The van der Waals surface area contributed by atoms with E-state index in [0.717, 1.165) is 4.88 Å². The van der Waals surface area contributed by atoms with Crippen molar-refractivity contribution in [1.29, 1.82) is 5.26 Å². The van der Waals surface area contributed by atoms with E-state index in [1.54, 1.807) is 12.1 Å². The molecule has 3 heterocycles. The van der Waals surface area contributed by atoms with Crippen molar-refractivity contribution in [2.24, 2.45) is 5.92 Å². The van der Waals surface area contributed by atoms with Gasteiger partial charge in [0.1, 0.15) is 11.7 Å². The number of thiophene rings is 1. The van der Waals surface area contributed by atoms with Crippen LogP contribution < -0.4 is 10.9 Å². The number of hydrogen-bond donors (Lipinski definition) is 2. The molecule has 7 heteroatoms. The Kier molecular flexibility index (Phi) is 3.32. The number of carbonyl (C=O) groups is 1. The van der Waals surface area contributed by atoms with E-state index in [9.17, 15) is 14.9 Å². The molecule has 0 saturated carbocycles. The van der Waals surface area contributed by atoms with Crippen LogP contribution in [0.15, 0.2) is 52.6 Å². The maximum absolute atomic E-state index is 13.0. The van der Waals surface area contributed by atoms with Crippen molar-refractivity contribution in [2.45, 2.75) is 5.92 Å². The standard InChI is InChI=1S/C17H12N4O2S/c18-9-11-13(12-7-4-8-24-12)14-15(19-16(11)22)20-21(17(14)23)10-5-2-1-3-6-10/h1-8,11,13,20H,(H,19,22)/t11-,13+/m0/s1. The number of benzene rings is 1. The molecule has 0 spiro atoms. The second-order valence-corrected chi connectivity index (χ2v) is 6.44. The van der Waals surface area contributed by atoms with Gasteiger partial charge in [-0.3, -0.25) is 14.7 Å². The number of aromatic nitrogens is 2. The molecule has 24 heavy (non-hydrogen) atoms. The third-order valence-corrected chi connectivity index (χ3v) is 5.06. The van der Waals surface area contributed by atoms with Crippen molar-refractivity contribution in [3.63, 3.8) is 0 Å². The number of aromatic amines is 1. The van der Waals surface area contributed by atoms with Crippen LogP contribution in [-0.2, 0) is 4.79 Å². The van der Waals surface area contributed by atoms with E-state index < -0.39 is 17.7 Å². The zero-order valence-corrected chi connectivity index (χ0v) is 13.2. The lowest BCUT2D eigenvalue weighted by molar-refractivity contribution is -0.119. The van der Waals surface area contributed by atoms with Crippen molar-refractivity contribution in [1.82, 2.24) is 9.78 Å². The van der Waals surface area contributed by atoms with Gasteiger partial charge in [0, 0.05) is 4.88 Å². The maximum atomic E-state index is 13.0. The highest BCUT2D eigenvalue weighted by Crippen LogP contribution is 2.39. The number of nitrogens with one attached hydrogen (secondary N) is 2. The van der Waals surface area contributed by atoms with Gasteiger partial charge < -0.3 is 5.32 Å². The second kappa shape index (κ2) is 5.51. The van der Waals surface area contributed by atoms with Gasteiger partial charge in [-0.1, -0.05) is 24.3 Å². The first-order valence-electron chi connectivity index (χ1n) is 7.35. The summed E-state index contributed by atoms with van der Waals surface area (Å²) in [5.74, 6) is -1.53. The molecule has 0 saturated heterocycles. The molecule has 1 aromatic carbocycles. The molecule has 0 aliphatic carbocycles. The summed E-state index contributed by atoms with van der Waals surface area (Å²) in [7, 11) is 0. The highest BCUT2D eigenvalue weighted by atomic mass is 32.1. The van der Waals surface area contributed by atoms with Gasteiger partial charge in [-0.2, -0.15) is 5.26 Å². The summed E-state index contributed by atoms with van der Waals surface area (Å²) in [4.78, 5) is 26.1. The largest absolute Gasteiger partial charge is 0.310 e. The lowest BCUT2D eigenvalue weighted by atomic mass is 9.83. The van der Waals surface area contributed by atoms with Gasteiger partial charge >= 0.3 is 0 Å². The third kappa shape index (κ3) is 2.08. The number of hydrogen-bond acceptors (Lipinski definition) is 4. The van der Waals surface area contributed by atoms with Crippen molar-refractivity contribution in [3.05, 3.63) is 68.6 Å². The topological polar surface area (TPSA) is 90.7 Å². The minimum absolute atomic E-state index is 0.255. The molecule has 0 bridgehead atoms. The molecule has 1 aliphatic rings. The normalized spacial score (nSPS) is 19.4. The van der Waals surface area contributed by atoms with Gasteiger partial charge in [0.25, 0.3) is 5.56 Å². The Hall–Kier alpha value is -3.11. The van der Waals surface area contributed by atoms with E-state index in [4.69, 9.17) is 0 Å². The number of para-hydroxylation sites is 1. The summed E-state index contributed by atoms with van der Waals surface area (Å²) < 4.78 is 1.39. The Labute approximate surface area is 141 Å². The zero-order valence-electron chi connectivity index (χ0n) is 12.4. The van der Waals surface area contributed by atoms with E-state index in [1.807, 2.05) is 41.8 Å². The fourth-order valence-corrected chi connectivity index (χ4v) is 3.89. The Bertz CT molecular complexity index is 996. The van der Waals surface area contributed by atoms with Crippen LogP contribution in [0.2, 0.25) is 0 Å². The van der Waals surface area contributed by atoms with Gasteiger partial charge in [-0.05, 0) is 23.6 Å². The van der Waals surface area contributed by atoms with Crippen LogP contribution in [-0.4, -0.2) is 15.7 Å². The number of anilines is 1. The van der Waals surface area contributed by atoms with Gasteiger partial charge in [-0.15, -0.1) is 11.3 Å². The van der Waals surface area contributed by atoms with E-state index in [1.165, 1.54) is 16.0 Å². The number of fused-ring (bicyclic) bond motifs is 1. The molecule has 0 radical (unpaired) electrons. The van der Waals surface area contributed by atoms with E-state index >= 15 is 0 Å². The molecule has 1 amide bonds. The van der Waals surface area contributed by atoms with Crippen LogP contribution in [0.4, 0.5) is 5.82 Å². The molecule has 4 rings (SSSR count). The Balaban J connectivity index is 1.95. The average Bonchev–Trinajstić information content (AvgIpc) is 3.23. The van der Waals surface area contributed by atoms with Gasteiger partial charge in [-0.25, -0.2) is 4.68 Å². The third-order valence-electron chi connectivity index (χ3n) is 4.10. The average molecular weight is 336 g/mol. The predicted molar refractivity (Wildman–Crippen MR) is 90.3 cm³/mol. The monoisotopic (exact) mass is 336 g/mol. The van der Waals surface area contributed by atoms with Crippen LogP contribution in [0.3, 0.4) is 0 Å². The van der Waals surface area contributed by atoms with Crippen molar-refractivity contribution in [2.75, 3.05) is 5.32 Å². The van der Waals surface area contributed by atoms with E-state index in [0.29, 0.717) is 17.1 Å². The molecule has 3 aromatic rings. The van der Waals surface area contributed by atoms with Crippen molar-refractivity contribution in [3.8, 4) is 11.8 Å². The van der Waals surface area contributed by atoms with Crippen molar-refractivity contribution < 1.29 is 4.79 Å². The quantitative estimate of drug-likeness (QED) is 0.753. The lowest BCUT2D eigenvalue weighted by Gasteiger charge is -2.24. The molecule has 118 valence electrons. The number of amides is 1. The first-order chi connectivity index (χ1) is 11.7. The SMILES string of the molecule is N#C[C@@H]1C(=O)Nc2[nH]n(-c3ccccc3)c(=O)c2[C@H]1c1cccs1. The Morgan fingerprint density at radius 3 is 2.58 bits per heavy atom. The minimum Gasteiger partial charge on any atom is -0.310 e. The van der Waals surface area contributed by atoms with Crippen LogP contribution >= 0.6 is 11.3 Å². The van der Waals surface area contributed by atoms with Gasteiger partial charge in [0.2, 0.25) is 5.91 Å². The first-order valence-corrected chi connectivity index (χ1v) is 8.23. The Morgan fingerprint density at radius 2 is 1.92 bits per heavy atom. The van der Waals surface area contributed by atoms with Crippen LogP contribution in [0.1, 0.15) is 16.4 Å². The van der Waals surface area contributed by atoms with Crippen LogP contribution in [0, 0.1) is 17.2 Å². The fraction of sp³-hybridized carbons (Fsp3) is 0.118. The summed E-state index contributed by atoms with van der Waals surface area (Å²) in [5, 5.41) is 16.9. The summed E-state index contributed by atoms with van der Waals surface area (Å²) in [6.45, 7) is 0. The molecule has 0 fully saturated rings. The molecule has 0 unspecified atom stereocenters. The van der Waals surface area contributed by atoms with Crippen LogP contribution in [0.5, 0.6) is 0 Å². The lowest BCUT2D eigenvalue weighted by Crippen LogP contribution is -2.35. The summed E-state index contributed by atoms with van der Waals surface area (Å²) in [6.07, 6.45) is 0. The minimum atomic E-state index is -0.927. The van der Waals surface area contributed by atoms with Crippen molar-refractivity contribution >= 4 is 23.1 Å². The smallest absolute Gasteiger partial charge is 0.277 e. The van der Waals surface area contributed by atoms with Gasteiger partial charge in [0.05, 0.1) is 23.2 Å². The summed E-state index contributed by atoms with van der Waals surface area (Å²) in [6, 6.07) is 14.9. The summed E-state index contributed by atoms with van der Waals surface area (Å²) in [5.41, 5.74) is 0.840. The molecular formula is C17H12N4O2S. The van der Waals surface area contributed by atoms with E-state index in [-0.39, 0.29) is 5.56 Å².